The first-order valence-electron chi connectivity index (χ1n) is 4.37. The summed E-state index contributed by atoms with van der Waals surface area (Å²) in [6, 6.07) is 9.42. The van der Waals surface area contributed by atoms with Gasteiger partial charge in [-0.15, -0.1) is 0 Å². The average molecular weight is 188 g/mol. The van der Waals surface area contributed by atoms with Gasteiger partial charge in [0.25, 0.3) is 0 Å². The Labute approximate surface area is 83.3 Å². The highest BCUT2D eigenvalue weighted by atomic mass is 16.2. The van der Waals surface area contributed by atoms with E-state index in [1.54, 1.807) is 12.1 Å². The lowest BCUT2D eigenvalue weighted by atomic mass is 10.2. The quantitative estimate of drug-likeness (QED) is 0.704. The largest absolute Gasteiger partial charge is 0.392 e. The molecule has 3 heteroatoms. The Morgan fingerprint density at radius 3 is 2.86 bits per heavy atom. The van der Waals surface area contributed by atoms with Crippen LogP contribution >= 0.6 is 0 Å². The minimum Gasteiger partial charge on any atom is -0.392 e. The van der Waals surface area contributed by atoms with E-state index >= 15 is 0 Å². The van der Waals surface area contributed by atoms with Crippen LogP contribution in [0.5, 0.6) is 0 Å². The molecule has 0 amide bonds. The Morgan fingerprint density at radius 1 is 1.36 bits per heavy atom. The van der Waals surface area contributed by atoms with Crippen molar-refractivity contribution >= 4 is 5.69 Å². The van der Waals surface area contributed by atoms with E-state index in [4.69, 9.17) is 10.4 Å². The summed E-state index contributed by atoms with van der Waals surface area (Å²) in [5.74, 6) is 0. The minimum atomic E-state index is 0.0432. The number of benzene rings is 1. The normalized spacial score (nSPS) is 10.0. The molecule has 14 heavy (non-hydrogen) atoms. The van der Waals surface area contributed by atoms with Crippen molar-refractivity contribution in [2.24, 2.45) is 0 Å². The second-order valence-corrected chi connectivity index (χ2v) is 2.69. The van der Waals surface area contributed by atoms with E-state index in [0.29, 0.717) is 12.1 Å². The zero-order valence-corrected chi connectivity index (χ0v) is 7.77. The van der Waals surface area contributed by atoms with Crippen molar-refractivity contribution in [3.63, 3.8) is 0 Å². The average Bonchev–Trinajstić information content (AvgIpc) is 2.25. The Morgan fingerprint density at radius 2 is 2.14 bits per heavy atom. The van der Waals surface area contributed by atoms with Gasteiger partial charge in [0.1, 0.15) is 6.07 Å². The van der Waals surface area contributed by atoms with Crippen molar-refractivity contribution in [1.29, 1.82) is 5.26 Å². The standard InChI is InChI=1S/C11H12N2O/c12-9-10-5-1-2-6-11(10)13-7-3-4-8-14/h1-6,13-14H,7-8H2. The third-order valence-corrected chi connectivity index (χ3v) is 1.73. The maximum Gasteiger partial charge on any atom is 0.101 e. The third kappa shape index (κ3) is 2.92. The highest BCUT2D eigenvalue weighted by molar-refractivity contribution is 5.57. The summed E-state index contributed by atoms with van der Waals surface area (Å²) in [6.45, 7) is 0.654. The Kier molecular flexibility index (Phi) is 4.25. The van der Waals surface area contributed by atoms with Crippen LogP contribution in [0.2, 0.25) is 0 Å². The number of aliphatic hydroxyl groups excluding tert-OH is 1. The van der Waals surface area contributed by atoms with Crippen molar-refractivity contribution in [1.82, 2.24) is 0 Å². The molecule has 0 saturated heterocycles. The van der Waals surface area contributed by atoms with Gasteiger partial charge in [-0.3, -0.25) is 0 Å². The number of aliphatic hydroxyl groups is 1. The summed E-state index contributed by atoms with van der Waals surface area (Å²) in [6.07, 6.45) is 3.47. The molecular weight excluding hydrogens is 176 g/mol. The molecule has 0 fully saturated rings. The molecule has 0 aromatic heterocycles. The van der Waals surface area contributed by atoms with E-state index in [1.165, 1.54) is 0 Å². The fourth-order valence-corrected chi connectivity index (χ4v) is 1.06. The fourth-order valence-electron chi connectivity index (χ4n) is 1.06. The molecule has 0 spiro atoms. The topological polar surface area (TPSA) is 56.0 Å². The van der Waals surface area contributed by atoms with Crippen LogP contribution in [-0.2, 0) is 0 Å². The van der Waals surface area contributed by atoms with Crippen LogP contribution in [0.1, 0.15) is 5.56 Å². The summed E-state index contributed by atoms with van der Waals surface area (Å²) in [4.78, 5) is 0. The van der Waals surface area contributed by atoms with E-state index in [9.17, 15) is 0 Å². The monoisotopic (exact) mass is 188 g/mol. The van der Waals surface area contributed by atoms with Crippen molar-refractivity contribution in [3.8, 4) is 6.07 Å². The van der Waals surface area contributed by atoms with E-state index in [0.717, 1.165) is 5.69 Å². The molecule has 0 unspecified atom stereocenters. The van der Waals surface area contributed by atoms with Crippen LogP contribution in [-0.4, -0.2) is 18.3 Å². The van der Waals surface area contributed by atoms with E-state index < -0.39 is 0 Å². The van der Waals surface area contributed by atoms with Crippen molar-refractivity contribution in [3.05, 3.63) is 42.0 Å². The van der Waals surface area contributed by atoms with Gasteiger partial charge in [-0.25, -0.2) is 0 Å². The zero-order valence-electron chi connectivity index (χ0n) is 7.77. The van der Waals surface area contributed by atoms with Crippen LogP contribution < -0.4 is 5.32 Å². The van der Waals surface area contributed by atoms with E-state index in [2.05, 4.69) is 11.4 Å². The first-order valence-corrected chi connectivity index (χ1v) is 4.37. The third-order valence-electron chi connectivity index (χ3n) is 1.73. The molecule has 0 saturated carbocycles. The van der Waals surface area contributed by atoms with E-state index in [1.807, 2.05) is 24.3 Å². The first kappa shape index (κ1) is 10.3. The first-order chi connectivity index (χ1) is 6.88. The van der Waals surface area contributed by atoms with Crippen LogP contribution in [0.4, 0.5) is 5.69 Å². The second kappa shape index (κ2) is 5.79. The number of rotatable bonds is 4. The second-order valence-electron chi connectivity index (χ2n) is 2.69. The zero-order chi connectivity index (χ0) is 10.2. The molecule has 1 rings (SSSR count). The molecular formula is C11H12N2O. The lowest BCUT2D eigenvalue weighted by Gasteiger charge is -2.04. The lowest BCUT2D eigenvalue weighted by molar-refractivity contribution is 0.342. The van der Waals surface area contributed by atoms with Crippen LogP contribution in [0.25, 0.3) is 0 Å². The molecule has 72 valence electrons. The van der Waals surface area contributed by atoms with Gasteiger partial charge in [0.05, 0.1) is 17.9 Å². The van der Waals surface area contributed by atoms with Crippen LogP contribution in [0.15, 0.2) is 36.4 Å². The summed E-state index contributed by atoms with van der Waals surface area (Å²) in [7, 11) is 0. The van der Waals surface area contributed by atoms with Crippen molar-refractivity contribution in [2.75, 3.05) is 18.5 Å². The van der Waals surface area contributed by atoms with Gasteiger partial charge in [0, 0.05) is 6.54 Å². The summed E-state index contributed by atoms with van der Waals surface area (Å²) >= 11 is 0. The molecule has 3 nitrogen and oxygen atoms in total. The molecule has 0 aliphatic rings. The van der Waals surface area contributed by atoms with Gasteiger partial charge in [-0.2, -0.15) is 5.26 Å². The SMILES string of the molecule is N#Cc1ccccc1NCC=CCO. The number of nitriles is 1. The maximum atomic E-state index is 8.77. The van der Waals surface area contributed by atoms with Gasteiger partial charge in [-0.05, 0) is 12.1 Å². The fraction of sp³-hybridized carbons (Fsp3) is 0.182. The van der Waals surface area contributed by atoms with Gasteiger partial charge in [-0.1, -0.05) is 24.3 Å². The number of para-hydroxylation sites is 1. The molecule has 1 aromatic carbocycles. The molecule has 1 aromatic rings. The molecule has 0 aliphatic heterocycles. The van der Waals surface area contributed by atoms with Crippen molar-refractivity contribution < 1.29 is 5.11 Å². The highest BCUT2D eigenvalue weighted by Gasteiger charge is 1.96. The van der Waals surface area contributed by atoms with E-state index in [-0.39, 0.29) is 6.61 Å². The Bertz CT molecular complexity index is 353. The summed E-state index contributed by atoms with van der Waals surface area (Å²) in [5.41, 5.74) is 1.45. The molecule has 2 N–H and O–H groups in total. The maximum absolute atomic E-state index is 8.77. The van der Waals surface area contributed by atoms with Gasteiger partial charge < -0.3 is 10.4 Å². The lowest BCUT2D eigenvalue weighted by Crippen LogP contribution is -2.00. The van der Waals surface area contributed by atoms with Crippen molar-refractivity contribution in [2.45, 2.75) is 0 Å². The number of nitrogens with one attached hydrogen (secondary N) is 1. The predicted octanol–water partition coefficient (Wildman–Crippen LogP) is 1.52. The smallest absolute Gasteiger partial charge is 0.101 e. The summed E-state index contributed by atoms with van der Waals surface area (Å²) < 4.78 is 0. The van der Waals surface area contributed by atoms with Gasteiger partial charge >= 0.3 is 0 Å². The number of nitrogens with zero attached hydrogens (tertiary/aromatic N) is 1. The number of hydrogen-bond donors (Lipinski definition) is 2. The van der Waals surface area contributed by atoms with Crippen LogP contribution in [0.3, 0.4) is 0 Å². The predicted molar refractivity (Wildman–Crippen MR) is 55.9 cm³/mol. The molecule has 0 aliphatic carbocycles. The number of anilines is 1. The van der Waals surface area contributed by atoms with Gasteiger partial charge in [0.15, 0.2) is 0 Å². The molecule has 0 radical (unpaired) electrons. The summed E-state index contributed by atoms with van der Waals surface area (Å²) in [5, 5.41) is 20.3. The Balaban J connectivity index is 2.59. The Hall–Kier alpha value is -1.79. The minimum absolute atomic E-state index is 0.0432. The number of hydrogen-bond acceptors (Lipinski definition) is 3. The molecule has 0 heterocycles. The highest BCUT2D eigenvalue weighted by Crippen LogP contribution is 2.12. The van der Waals surface area contributed by atoms with Crippen LogP contribution in [0, 0.1) is 11.3 Å². The molecule has 0 atom stereocenters. The van der Waals surface area contributed by atoms with Gasteiger partial charge in [0.2, 0.25) is 0 Å². The molecule has 0 bridgehead atoms.